The average molecular weight is 386 g/mol. The van der Waals surface area contributed by atoms with Crippen LogP contribution in [-0.2, 0) is 9.59 Å². The second-order valence-electron chi connectivity index (χ2n) is 5.65. The van der Waals surface area contributed by atoms with Crippen LogP contribution in [0, 0.1) is 12.7 Å². The zero-order valence-electron chi connectivity index (χ0n) is 13.9. The third kappa shape index (κ3) is 4.00. The highest BCUT2D eigenvalue weighted by atomic mass is 32.2. The summed E-state index contributed by atoms with van der Waals surface area (Å²) in [6, 6.07) is 13.5. The Bertz CT molecular complexity index is 927. The molecule has 1 aliphatic rings. The predicted molar refractivity (Wildman–Crippen MR) is 106 cm³/mol. The molecule has 1 fully saturated rings. The maximum Gasteiger partial charge on any atom is 0.266 e. The number of para-hydroxylation sites is 1. The van der Waals surface area contributed by atoms with Gasteiger partial charge >= 0.3 is 0 Å². The minimum absolute atomic E-state index is 0.187. The molecule has 2 amide bonds. The fourth-order valence-corrected chi connectivity index (χ4v) is 3.66. The number of halogens is 1. The van der Waals surface area contributed by atoms with Crippen LogP contribution in [0.4, 0.5) is 10.1 Å². The van der Waals surface area contributed by atoms with Gasteiger partial charge in [0.2, 0.25) is 5.91 Å². The van der Waals surface area contributed by atoms with Crippen molar-refractivity contribution in [3.05, 3.63) is 70.4 Å². The summed E-state index contributed by atoms with van der Waals surface area (Å²) < 4.78 is 14.1. The molecule has 0 aliphatic carbocycles. The summed E-state index contributed by atoms with van der Waals surface area (Å²) in [5.41, 5.74) is 1.91. The normalized spacial score (nSPS) is 15.6. The summed E-state index contributed by atoms with van der Waals surface area (Å²) in [5, 5.41) is 2.77. The van der Waals surface area contributed by atoms with E-state index in [2.05, 4.69) is 5.32 Å². The fraction of sp³-hybridized carbons (Fsp3) is 0.105. The lowest BCUT2D eigenvalue weighted by molar-refractivity contribution is -0.126. The number of benzene rings is 2. The first-order chi connectivity index (χ1) is 12.5. The second-order valence-corrected chi connectivity index (χ2v) is 7.33. The van der Waals surface area contributed by atoms with Gasteiger partial charge in [-0.15, -0.1) is 0 Å². The minimum atomic E-state index is -0.421. The van der Waals surface area contributed by atoms with Gasteiger partial charge in [-0.1, -0.05) is 60.4 Å². The molecule has 1 N–H and O–H groups in total. The number of aryl methyl sites for hydroxylation is 1. The number of thiocarbonyl (C=S) groups is 1. The molecule has 0 atom stereocenters. The topological polar surface area (TPSA) is 49.4 Å². The van der Waals surface area contributed by atoms with Gasteiger partial charge in [-0.05, 0) is 30.7 Å². The molecule has 1 saturated heterocycles. The van der Waals surface area contributed by atoms with Gasteiger partial charge in [0.05, 0.1) is 4.91 Å². The molecular formula is C19H15FN2O2S2. The molecule has 0 aromatic heterocycles. The molecule has 0 unspecified atom stereocenters. The average Bonchev–Trinajstić information content (AvgIpc) is 2.86. The van der Waals surface area contributed by atoms with Gasteiger partial charge in [0.15, 0.2) is 0 Å². The monoisotopic (exact) mass is 386 g/mol. The van der Waals surface area contributed by atoms with E-state index in [4.69, 9.17) is 12.2 Å². The summed E-state index contributed by atoms with van der Waals surface area (Å²) in [5.74, 6) is -1.17. The van der Waals surface area contributed by atoms with Crippen LogP contribution in [0.5, 0.6) is 0 Å². The van der Waals surface area contributed by atoms with E-state index >= 15 is 0 Å². The molecule has 26 heavy (non-hydrogen) atoms. The van der Waals surface area contributed by atoms with Gasteiger partial charge in [0.1, 0.15) is 16.7 Å². The highest BCUT2D eigenvalue weighted by Gasteiger charge is 2.33. The highest BCUT2D eigenvalue weighted by molar-refractivity contribution is 8.26. The molecule has 1 heterocycles. The van der Waals surface area contributed by atoms with E-state index in [1.165, 1.54) is 17.0 Å². The Morgan fingerprint density at radius 2 is 1.92 bits per heavy atom. The first-order valence-electron chi connectivity index (χ1n) is 7.81. The van der Waals surface area contributed by atoms with Gasteiger partial charge in [-0.2, -0.15) is 0 Å². The van der Waals surface area contributed by atoms with Crippen molar-refractivity contribution >= 4 is 51.9 Å². The molecule has 132 valence electrons. The first-order valence-corrected chi connectivity index (χ1v) is 9.03. The standard InChI is InChI=1S/C19H15FN2O2S2/c1-12-6-2-5-9-15(12)21-17(23)11-22-18(24)16(26-19(22)25)10-13-7-3-4-8-14(13)20/h2-10H,11H2,1H3,(H,21,23)/b16-10-. The van der Waals surface area contributed by atoms with Gasteiger partial charge in [-0.25, -0.2) is 4.39 Å². The van der Waals surface area contributed by atoms with Crippen LogP contribution in [0.15, 0.2) is 53.4 Å². The lowest BCUT2D eigenvalue weighted by Gasteiger charge is -2.15. The summed E-state index contributed by atoms with van der Waals surface area (Å²) >= 11 is 6.26. The van der Waals surface area contributed by atoms with Crippen molar-refractivity contribution in [1.29, 1.82) is 0 Å². The van der Waals surface area contributed by atoms with Crippen molar-refractivity contribution in [2.24, 2.45) is 0 Å². The van der Waals surface area contributed by atoms with Gasteiger partial charge in [-0.3, -0.25) is 14.5 Å². The van der Waals surface area contributed by atoms with Crippen LogP contribution in [0.2, 0.25) is 0 Å². The smallest absolute Gasteiger partial charge is 0.266 e. The van der Waals surface area contributed by atoms with Crippen LogP contribution >= 0.6 is 24.0 Å². The molecular weight excluding hydrogens is 371 g/mol. The van der Waals surface area contributed by atoms with E-state index in [0.717, 1.165) is 17.3 Å². The molecule has 0 radical (unpaired) electrons. The van der Waals surface area contributed by atoms with Crippen molar-refractivity contribution in [1.82, 2.24) is 4.90 Å². The minimum Gasteiger partial charge on any atom is -0.324 e. The first kappa shape index (κ1) is 18.3. The summed E-state index contributed by atoms with van der Waals surface area (Å²) in [7, 11) is 0. The molecule has 2 aromatic carbocycles. The number of thioether (sulfide) groups is 1. The van der Waals surface area contributed by atoms with Crippen LogP contribution in [0.25, 0.3) is 6.08 Å². The van der Waals surface area contributed by atoms with E-state index < -0.39 is 11.7 Å². The predicted octanol–water partition coefficient (Wildman–Crippen LogP) is 3.97. The largest absolute Gasteiger partial charge is 0.324 e. The maximum atomic E-state index is 13.8. The Kier molecular flexibility index (Phi) is 5.49. The van der Waals surface area contributed by atoms with Crippen molar-refractivity contribution < 1.29 is 14.0 Å². The van der Waals surface area contributed by atoms with Crippen LogP contribution in [-0.4, -0.2) is 27.6 Å². The number of nitrogens with zero attached hydrogens (tertiary/aromatic N) is 1. The SMILES string of the molecule is Cc1ccccc1NC(=O)CN1C(=O)/C(=C/c2ccccc2F)SC1=S. The fourth-order valence-electron chi connectivity index (χ4n) is 2.42. The van der Waals surface area contributed by atoms with E-state index in [1.54, 1.807) is 24.3 Å². The number of hydrogen-bond donors (Lipinski definition) is 1. The van der Waals surface area contributed by atoms with Gasteiger partial charge < -0.3 is 5.32 Å². The lowest BCUT2D eigenvalue weighted by Crippen LogP contribution is -2.36. The Morgan fingerprint density at radius 1 is 1.23 bits per heavy atom. The number of amides is 2. The number of anilines is 1. The third-order valence-electron chi connectivity index (χ3n) is 3.79. The molecule has 0 saturated carbocycles. The quantitative estimate of drug-likeness (QED) is 0.638. The number of hydrogen-bond acceptors (Lipinski definition) is 4. The van der Waals surface area contributed by atoms with Gasteiger partial charge in [0.25, 0.3) is 5.91 Å². The summed E-state index contributed by atoms with van der Waals surface area (Å²) in [6.07, 6.45) is 1.45. The molecule has 4 nitrogen and oxygen atoms in total. The van der Waals surface area contributed by atoms with E-state index in [0.29, 0.717) is 16.2 Å². The molecule has 2 aromatic rings. The zero-order chi connectivity index (χ0) is 18.7. The Balaban J connectivity index is 1.72. The summed E-state index contributed by atoms with van der Waals surface area (Å²) in [4.78, 5) is 26.3. The molecule has 0 spiro atoms. The van der Waals surface area contributed by atoms with Crippen LogP contribution in [0.3, 0.4) is 0 Å². The summed E-state index contributed by atoms with van der Waals surface area (Å²) in [6.45, 7) is 1.69. The molecule has 1 aliphatic heterocycles. The van der Waals surface area contributed by atoms with Crippen molar-refractivity contribution in [3.63, 3.8) is 0 Å². The number of rotatable bonds is 4. The Hall–Kier alpha value is -2.51. The van der Waals surface area contributed by atoms with E-state index in [9.17, 15) is 14.0 Å². The van der Waals surface area contributed by atoms with Crippen LogP contribution < -0.4 is 5.32 Å². The van der Waals surface area contributed by atoms with E-state index in [1.807, 2.05) is 25.1 Å². The highest BCUT2D eigenvalue weighted by Crippen LogP contribution is 2.32. The lowest BCUT2D eigenvalue weighted by atomic mass is 10.2. The van der Waals surface area contributed by atoms with Crippen LogP contribution in [0.1, 0.15) is 11.1 Å². The number of carbonyl (C=O) groups excluding carboxylic acids is 2. The van der Waals surface area contributed by atoms with Crippen molar-refractivity contribution in [2.75, 3.05) is 11.9 Å². The van der Waals surface area contributed by atoms with Crippen molar-refractivity contribution in [2.45, 2.75) is 6.92 Å². The third-order valence-corrected chi connectivity index (χ3v) is 5.16. The molecule has 0 bridgehead atoms. The molecule has 7 heteroatoms. The Labute approximate surface area is 160 Å². The van der Waals surface area contributed by atoms with Gasteiger partial charge in [0, 0.05) is 11.3 Å². The zero-order valence-corrected chi connectivity index (χ0v) is 15.5. The number of carbonyl (C=O) groups is 2. The second kappa shape index (κ2) is 7.80. The molecule has 3 rings (SSSR count). The van der Waals surface area contributed by atoms with E-state index in [-0.39, 0.29) is 16.8 Å². The van der Waals surface area contributed by atoms with Crippen molar-refractivity contribution in [3.8, 4) is 0 Å². The number of nitrogens with one attached hydrogen (secondary N) is 1. The Morgan fingerprint density at radius 3 is 2.65 bits per heavy atom. The maximum absolute atomic E-state index is 13.8.